The first-order valence-corrected chi connectivity index (χ1v) is 8.49. The standard InChI is InChI=1S/C13H15BrN2O4S/c1-9-13(10(2)20-16-9)21(17,18)15-7-8-19-12-6-4-3-5-11(12)14/h3-6,15H,7-8H2,1-2H3. The third-order valence-corrected chi connectivity index (χ3v) is 5.08. The van der Waals surface area contributed by atoms with E-state index in [1.165, 1.54) is 0 Å². The van der Waals surface area contributed by atoms with Crippen molar-refractivity contribution >= 4 is 26.0 Å². The van der Waals surface area contributed by atoms with Gasteiger partial charge in [-0.3, -0.25) is 0 Å². The number of benzene rings is 1. The number of rotatable bonds is 6. The van der Waals surface area contributed by atoms with E-state index in [1.807, 2.05) is 18.2 Å². The Labute approximate surface area is 131 Å². The Hall–Kier alpha value is -1.38. The van der Waals surface area contributed by atoms with Crippen LogP contribution in [0.15, 0.2) is 38.2 Å². The Balaban J connectivity index is 1.93. The summed E-state index contributed by atoms with van der Waals surface area (Å²) in [5, 5.41) is 3.64. The fourth-order valence-electron chi connectivity index (χ4n) is 1.83. The molecule has 0 spiro atoms. The van der Waals surface area contributed by atoms with Crippen LogP contribution in [0.3, 0.4) is 0 Å². The highest BCUT2D eigenvalue weighted by atomic mass is 79.9. The van der Waals surface area contributed by atoms with Crippen LogP contribution in [0.4, 0.5) is 0 Å². The first kappa shape index (κ1) is 16.0. The Morgan fingerprint density at radius 1 is 1.33 bits per heavy atom. The van der Waals surface area contributed by atoms with Gasteiger partial charge in [0, 0.05) is 6.54 Å². The van der Waals surface area contributed by atoms with Crippen LogP contribution in [-0.2, 0) is 10.0 Å². The van der Waals surface area contributed by atoms with Gasteiger partial charge in [-0.25, -0.2) is 13.1 Å². The summed E-state index contributed by atoms with van der Waals surface area (Å²) in [6.07, 6.45) is 0. The van der Waals surface area contributed by atoms with Gasteiger partial charge in [0.25, 0.3) is 0 Å². The van der Waals surface area contributed by atoms with E-state index in [4.69, 9.17) is 9.26 Å². The maximum atomic E-state index is 12.1. The Morgan fingerprint density at radius 3 is 2.67 bits per heavy atom. The van der Waals surface area contributed by atoms with Crippen LogP contribution in [0, 0.1) is 13.8 Å². The molecule has 0 saturated carbocycles. The molecule has 0 fully saturated rings. The van der Waals surface area contributed by atoms with Crippen molar-refractivity contribution in [3.8, 4) is 5.75 Å². The first-order valence-electron chi connectivity index (χ1n) is 6.21. The number of hydrogen-bond acceptors (Lipinski definition) is 5. The zero-order valence-electron chi connectivity index (χ0n) is 11.6. The van der Waals surface area contributed by atoms with Gasteiger partial charge >= 0.3 is 0 Å². The quantitative estimate of drug-likeness (QED) is 0.785. The van der Waals surface area contributed by atoms with E-state index in [9.17, 15) is 8.42 Å². The van der Waals surface area contributed by atoms with Crippen molar-refractivity contribution < 1.29 is 17.7 Å². The molecule has 0 atom stereocenters. The van der Waals surface area contributed by atoms with Crippen LogP contribution >= 0.6 is 15.9 Å². The van der Waals surface area contributed by atoms with Gasteiger partial charge in [0.2, 0.25) is 10.0 Å². The van der Waals surface area contributed by atoms with Crippen molar-refractivity contribution in [2.24, 2.45) is 0 Å². The van der Waals surface area contributed by atoms with Gasteiger partial charge in [-0.1, -0.05) is 17.3 Å². The van der Waals surface area contributed by atoms with E-state index in [0.29, 0.717) is 11.4 Å². The summed E-state index contributed by atoms with van der Waals surface area (Å²) >= 11 is 3.35. The summed E-state index contributed by atoms with van der Waals surface area (Å²) in [4.78, 5) is 0.0865. The number of sulfonamides is 1. The number of nitrogens with zero attached hydrogens (tertiary/aromatic N) is 1. The monoisotopic (exact) mass is 374 g/mol. The minimum absolute atomic E-state index is 0.0865. The minimum atomic E-state index is -3.64. The van der Waals surface area contributed by atoms with E-state index in [0.717, 1.165) is 4.47 Å². The summed E-state index contributed by atoms with van der Waals surface area (Å²) in [7, 11) is -3.64. The Morgan fingerprint density at radius 2 is 2.05 bits per heavy atom. The van der Waals surface area contributed by atoms with Crippen LogP contribution in [-0.4, -0.2) is 26.7 Å². The van der Waals surface area contributed by atoms with Crippen LogP contribution in [0.1, 0.15) is 11.5 Å². The molecule has 2 aromatic rings. The Kier molecular flexibility index (Phi) is 5.02. The topological polar surface area (TPSA) is 81.4 Å². The molecule has 0 aliphatic rings. The van der Waals surface area contributed by atoms with Crippen LogP contribution in [0.5, 0.6) is 5.75 Å². The van der Waals surface area contributed by atoms with Gasteiger partial charge in [0.1, 0.15) is 22.9 Å². The molecular weight excluding hydrogens is 360 g/mol. The Bertz CT molecular complexity index is 708. The highest BCUT2D eigenvalue weighted by Gasteiger charge is 2.23. The van der Waals surface area contributed by atoms with Crippen molar-refractivity contribution in [1.82, 2.24) is 9.88 Å². The number of para-hydroxylation sites is 1. The molecule has 0 radical (unpaired) electrons. The second-order valence-electron chi connectivity index (χ2n) is 4.33. The molecule has 1 aromatic carbocycles. The fourth-order valence-corrected chi connectivity index (χ4v) is 3.57. The smallest absolute Gasteiger partial charge is 0.246 e. The number of aromatic nitrogens is 1. The number of hydrogen-bond donors (Lipinski definition) is 1. The zero-order valence-corrected chi connectivity index (χ0v) is 14.0. The van der Waals surface area contributed by atoms with Gasteiger partial charge < -0.3 is 9.26 Å². The predicted octanol–water partition coefficient (Wildman–Crippen LogP) is 2.41. The fraction of sp³-hybridized carbons (Fsp3) is 0.308. The highest BCUT2D eigenvalue weighted by molar-refractivity contribution is 9.10. The summed E-state index contributed by atoms with van der Waals surface area (Å²) < 4.78 is 37.9. The SMILES string of the molecule is Cc1noc(C)c1S(=O)(=O)NCCOc1ccccc1Br. The third-order valence-electron chi connectivity index (χ3n) is 2.72. The second kappa shape index (κ2) is 6.59. The molecule has 114 valence electrons. The highest BCUT2D eigenvalue weighted by Crippen LogP contribution is 2.23. The summed E-state index contributed by atoms with van der Waals surface area (Å²) in [5.41, 5.74) is 0.340. The van der Waals surface area contributed by atoms with E-state index < -0.39 is 10.0 Å². The lowest BCUT2D eigenvalue weighted by atomic mass is 10.3. The van der Waals surface area contributed by atoms with Gasteiger partial charge in [-0.2, -0.15) is 0 Å². The van der Waals surface area contributed by atoms with Gasteiger partial charge in [0.15, 0.2) is 5.76 Å². The largest absolute Gasteiger partial charge is 0.491 e. The molecule has 1 N–H and O–H groups in total. The maximum absolute atomic E-state index is 12.1. The molecule has 0 aliphatic heterocycles. The molecule has 6 nitrogen and oxygen atoms in total. The molecule has 1 heterocycles. The molecule has 0 unspecified atom stereocenters. The van der Waals surface area contributed by atoms with E-state index in [1.54, 1.807) is 19.9 Å². The van der Waals surface area contributed by atoms with Crippen molar-refractivity contribution in [3.05, 3.63) is 40.2 Å². The van der Waals surface area contributed by atoms with Crippen LogP contribution < -0.4 is 9.46 Å². The first-order chi connectivity index (χ1) is 9.92. The molecule has 21 heavy (non-hydrogen) atoms. The van der Waals surface area contributed by atoms with E-state index >= 15 is 0 Å². The molecule has 0 saturated heterocycles. The summed E-state index contributed by atoms with van der Waals surface area (Å²) in [6.45, 7) is 3.51. The van der Waals surface area contributed by atoms with Crippen molar-refractivity contribution in [2.45, 2.75) is 18.7 Å². The lowest BCUT2D eigenvalue weighted by Crippen LogP contribution is -2.29. The normalized spacial score (nSPS) is 11.6. The van der Waals surface area contributed by atoms with E-state index in [-0.39, 0.29) is 23.8 Å². The second-order valence-corrected chi connectivity index (χ2v) is 6.89. The van der Waals surface area contributed by atoms with Gasteiger partial charge in [-0.05, 0) is 41.9 Å². The molecule has 0 amide bonds. The predicted molar refractivity (Wildman–Crippen MR) is 80.8 cm³/mol. The molecule has 0 aliphatic carbocycles. The van der Waals surface area contributed by atoms with Crippen molar-refractivity contribution in [1.29, 1.82) is 0 Å². The average Bonchev–Trinajstić information content (AvgIpc) is 2.77. The maximum Gasteiger partial charge on any atom is 0.246 e. The molecule has 8 heteroatoms. The zero-order chi connectivity index (χ0) is 15.5. The molecule has 2 rings (SSSR count). The molecule has 0 bridgehead atoms. The van der Waals surface area contributed by atoms with Crippen molar-refractivity contribution in [3.63, 3.8) is 0 Å². The summed E-state index contributed by atoms with van der Waals surface area (Å²) in [5.74, 6) is 0.931. The lowest BCUT2D eigenvalue weighted by Gasteiger charge is -2.09. The number of aryl methyl sites for hydroxylation is 2. The number of nitrogens with one attached hydrogen (secondary N) is 1. The average molecular weight is 375 g/mol. The van der Waals surface area contributed by atoms with E-state index in [2.05, 4.69) is 25.8 Å². The van der Waals surface area contributed by atoms with Gasteiger partial charge in [-0.15, -0.1) is 0 Å². The van der Waals surface area contributed by atoms with Crippen molar-refractivity contribution in [2.75, 3.05) is 13.2 Å². The van der Waals surface area contributed by atoms with Crippen LogP contribution in [0.2, 0.25) is 0 Å². The molecular formula is C13H15BrN2O4S. The van der Waals surface area contributed by atoms with Crippen LogP contribution in [0.25, 0.3) is 0 Å². The number of ether oxygens (including phenoxy) is 1. The van der Waals surface area contributed by atoms with Gasteiger partial charge in [0.05, 0.1) is 4.47 Å². The lowest BCUT2D eigenvalue weighted by molar-refractivity contribution is 0.321. The summed E-state index contributed by atoms with van der Waals surface area (Å²) in [6, 6.07) is 7.36. The minimum Gasteiger partial charge on any atom is -0.491 e. The molecule has 1 aromatic heterocycles. The number of halogens is 1. The third kappa shape index (κ3) is 3.84.